The Kier molecular flexibility index (Phi) is 6.10. The fourth-order valence-electron chi connectivity index (χ4n) is 2.96. The normalized spacial score (nSPS) is 10.6. The topological polar surface area (TPSA) is 79.7 Å². The molecule has 30 heavy (non-hydrogen) atoms. The molecule has 0 radical (unpaired) electrons. The van der Waals surface area contributed by atoms with Crippen molar-refractivity contribution >= 4 is 11.9 Å². The van der Waals surface area contributed by atoms with Gasteiger partial charge in [0.2, 0.25) is 0 Å². The summed E-state index contributed by atoms with van der Waals surface area (Å²) < 4.78 is 45.1. The summed E-state index contributed by atoms with van der Waals surface area (Å²) in [7, 11) is 2.22. The second-order valence-corrected chi connectivity index (χ2v) is 5.97. The first-order valence-electron chi connectivity index (χ1n) is 8.90. The molecule has 1 aromatic heterocycles. The Morgan fingerprint density at radius 3 is 2.27 bits per heavy atom. The maximum Gasteiger partial charge on any atom is 0.357 e. The van der Waals surface area contributed by atoms with Gasteiger partial charge in [-0.15, -0.1) is 0 Å². The lowest BCUT2D eigenvalue weighted by Gasteiger charge is -2.11. The molecule has 0 spiro atoms. The van der Waals surface area contributed by atoms with E-state index in [0.717, 1.165) is 25.0 Å². The summed E-state index contributed by atoms with van der Waals surface area (Å²) in [5.41, 5.74) is -0.997. The molecule has 0 saturated heterocycles. The van der Waals surface area contributed by atoms with Gasteiger partial charge >= 0.3 is 11.9 Å². The molecule has 0 aliphatic rings. The number of para-hydroxylation sites is 1. The first kappa shape index (κ1) is 21.0. The smallest absolute Gasteiger partial charge is 0.357 e. The number of hydrogen-bond donors (Lipinski definition) is 0. The van der Waals surface area contributed by atoms with Crippen molar-refractivity contribution in [2.45, 2.75) is 6.92 Å². The number of rotatable bonds is 6. The van der Waals surface area contributed by atoms with E-state index in [1.807, 2.05) is 0 Å². The Morgan fingerprint density at radius 1 is 1.00 bits per heavy atom. The third-order valence-corrected chi connectivity index (χ3v) is 4.25. The highest BCUT2D eigenvalue weighted by atomic mass is 19.2. The van der Waals surface area contributed by atoms with Gasteiger partial charge in [0, 0.05) is 0 Å². The lowest BCUT2D eigenvalue weighted by atomic mass is 10.0. The molecule has 0 aliphatic heterocycles. The summed E-state index contributed by atoms with van der Waals surface area (Å²) in [6.45, 7) is 1.81. The number of aromatic nitrogens is 2. The van der Waals surface area contributed by atoms with Crippen LogP contribution in [-0.2, 0) is 9.47 Å². The van der Waals surface area contributed by atoms with Crippen molar-refractivity contribution in [3.05, 3.63) is 65.4 Å². The minimum atomic E-state index is -1.28. The van der Waals surface area contributed by atoms with E-state index < -0.39 is 29.1 Å². The van der Waals surface area contributed by atoms with Crippen molar-refractivity contribution in [1.29, 1.82) is 0 Å². The maximum absolute atomic E-state index is 14.9. The van der Waals surface area contributed by atoms with Crippen molar-refractivity contribution in [2.24, 2.45) is 0 Å². The van der Waals surface area contributed by atoms with Crippen LogP contribution in [0.1, 0.15) is 27.8 Å². The molecular weight excluding hydrogens is 398 g/mol. The summed E-state index contributed by atoms with van der Waals surface area (Å²) in [5.74, 6) is -4.37. The molecule has 7 nitrogen and oxygen atoms in total. The molecule has 2 aromatic carbocycles. The van der Waals surface area contributed by atoms with Crippen molar-refractivity contribution in [1.82, 2.24) is 9.78 Å². The number of hydrogen-bond acceptors (Lipinski definition) is 6. The van der Waals surface area contributed by atoms with Gasteiger partial charge in [-0.05, 0) is 31.2 Å². The van der Waals surface area contributed by atoms with E-state index in [2.05, 4.69) is 5.10 Å². The number of esters is 2. The summed E-state index contributed by atoms with van der Waals surface area (Å²) >= 11 is 0. The Labute approximate surface area is 170 Å². The van der Waals surface area contributed by atoms with E-state index >= 15 is 0 Å². The van der Waals surface area contributed by atoms with Gasteiger partial charge < -0.3 is 14.2 Å². The van der Waals surface area contributed by atoms with Gasteiger partial charge in [0.1, 0.15) is 17.0 Å². The SMILES string of the molecule is CCOc1ccc(F)c(F)c1-c1nn(-c2ccccc2)c(C(=O)OC)c1C(=O)OC. The quantitative estimate of drug-likeness (QED) is 0.569. The number of nitrogens with zero attached hydrogens (tertiary/aromatic N) is 2. The zero-order valence-corrected chi connectivity index (χ0v) is 16.4. The molecule has 0 unspecified atom stereocenters. The monoisotopic (exact) mass is 416 g/mol. The fraction of sp³-hybridized carbons (Fsp3) is 0.190. The van der Waals surface area contributed by atoms with Crippen LogP contribution in [0.2, 0.25) is 0 Å². The molecule has 0 aliphatic carbocycles. The van der Waals surface area contributed by atoms with E-state index in [4.69, 9.17) is 14.2 Å². The lowest BCUT2D eigenvalue weighted by Crippen LogP contribution is -2.15. The van der Waals surface area contributed by atoms with Gasteiger partial charge in [-0.25, -0.2) is 23.1 Å². The molecule has 0 fully saturated rings. The third-order valence-electron chi connectivity index (χ3n) is 4.25. The molecule has 0 saturated carbocycles. The predicted octanol–water partition coefficient (Wildman–Crippen LogP) is 3.79. The lowest BCUT2D eigenvalue weighted by molar-refractivity contribution is 0.0549. The molecule has 3 aromatic rings. The molecule has 156 valence electrons. The summed E-state index contributed by atoms with van der Waals surface area (Å²) in [4.78, 5) is 25.2. The van der Waals surface area contributed by atoms with Gasteiger partial charge in [-0.1, -0.05) is 18.2 Å². The molecule has 0 atom stereocenters. The van der Waals surface area contributed by atoms with Gasteiger partial charge in [0.15, 0.2) is 17.3 Å². The van der Waals surface area contributed by atoms with E-state index in [-0.39, 0.29) is 29.3 Å². The van der Waals surface area contributed by atoms with Crippen molar-refractivity contribution in [3.63, 3.8) is 0 Å². The number of benzene rings is 2. The molecule has 1 heterocycles. The van der Waals surface area contributed by atoms with Gasteiger partial charge in [0.05, 0.1) is 32.1 Å². The van der Waals surface area contributed by atoms with Crippen LogP contribution in [-0.4, -0.2) is 42.5 Å². The minimum absolute atomic E-state index is 0.0457. The van der Waals surface area contributed by atoms with E-state index in [0.29, 0.717) is 5.69 Å². The Morgan fingerprint density at radius 2 is 1.67 bits per heavy atom. The Balaban J connectivity index is 2.45. The highest BCUT2D eigenvalue weighted by Crippen LogP contribution is 2.37. The first-order valence-corrected chi connectivity index (χ1v) is 8.90. The third kappa shape index (κ3) is 3.61. The molecule has 0 bridgehead atoms. The Bertz CT molecular complexity index is 1100. The van der Waals surface area contributed by atoms with Gasteiger partial charge in [-0.3, -0.25) is 0 Å². The second kappa shape index (κ2) is 8.73. The largest absolute Gasteiger partial charge is 0.493 e. The Hall–Kier alpha value is -3.75. The highest BCUT2D eigenvalue weighted by Gasteiger charge is 2.34. The van der Waals surface area contributed by atoms with Crippen LogP contribution in [0.4, 0.5) is 8.78 Å². The van der Waals surface area contributed by atoms with Crippen LogP contribution < -0.4 is 4.74 Å². The van der Waals surface area contributed by atoms with E-state index in [1.165, 1.54) is 6.07 Å². The number of carbonyl (C=O) groups excluding carboxylic acids is 2. The van der Waals surface area contributed by atoms with Crippen LogP contribution in [0.25, 0.3) is 16.9 Å². The molecule has 0 N–H and O–H groups in total. The maximum atomic E-state index is 14.9. The zero-order chi connectivity index (χ0) is 21.8. The van der Waals surface area contributed by atoms with Crippen molar-refractivity contribution < 1.29 is 32.6 Å². The van der Waals surface area contributed by atoms with Gasteiger partial charge in [-0.2, -0.15) is 5.10 Å². The van der Waals surface area contributed by atoms with Crippen LogP contribution in [0.15, 0.2) is 42.5 Å². The fourth-order valence-corrected chi connectivity index (χ4v) is 2.96. The van der Waals surface area contributed by atoms with Crippen LogP contribution in [0.3, 0.4) is 0 Å². The van der Waals surface area contributed by atoms with Crippen LogP contribution >= 0.6 is 0 Å². The van der Waals surface area contributed by atoms with E-state index in [9.17, 15) is 18.4 Å². The predicted molar refractivity (Wildman–Crippen MR) is 103 cm³/mol. The second-order valence-electron chi connectivity index (χ2n) is 5.97. The number of ether oxygens (including phenoxy) is 3. The van der Waals surface area contributed by atoms with Crippen LogP contribution in [0.5, 0.6) is 5.75 Å². The van der Waals surface area contributed by atoms with E-state index in [1.54, 1.807) is 37.3 Å². The summed E-state index contributed by atoms with van der Waals surface area (Å²) in [5, 5.41) is 4.26. The number of halogens is 2. The summed E-state index contributed by atoms with van der Waals surface area (Å²) in [6.07, 6.45) is 0. The average molecular weight is 416 g/mol. The molecule has 0 amide bonds. The molecular formula is C21H18F2N2O5. The molecule has 9 heteroatoms. The zero-order valence-electron chi connectivity index (χ0n) is 16.4. The number of methoxy groups -OCH3 is 2. The minimum Gasteiger partial charge on any atom is -0.493 e. The molecule has 3 rings (SSSR count). The first-order chi connectivity index (χ1) is 14.4. The number of carbonyl (C=O) groups is 2. The summed E-state index contributed by atoms with van der Waals surface area (Å²) in [6, 6.07) is 10.5. The highest BCUT2D eigenvalue weighted by molar-refractivity contribution is 6.07. The van der Waals surface area contributed by atoms with Crippen molar-refractivity contribution in [3.8, 4) is 22.7 Å². The van der Waals surface area contributed by atoms with Crippen LogP contribution in [0, 0.1) is 11.6 Å². The van der Waals surface area contributed by atoms with Crippen molar-refractivity contribution in [2.75, 3.05) is 20.8 Å². The van der Waals surface area contributed by atoms with Gasteiger partial charge in [0.25, 0.3) is 0 Å². The standard InChI is InChI=1S/C21H18F2N2O5/c1-4-30-14-11-10-13(22)17(23)15(14)18-16(20(26)28-2)19(21(27)29-3)25(24-18)12-8-6-5-7-9-12/h5-11H,4H2,1-3H3. The average Bonchev–Trinajstić information content (AvgIpc) is 3.16.